The van der Waals surface area contributed by atoms with Crippen molar-refractivity contribution in [2.75, 3.05) is 0 Å². The molecule has 0 aliphatic carbocycles. The Hall–Kier alpha value is -8.52. The van der Waals surface area contributed by atoms with Crippen LogP contribution in [0.1, 0.15) is 11.1 Å². The fourth-order valence-corrected chi connectivity index (χ4v) is 7.66. The van der Waals surface area contributed by atoms with Crippen molar-refractivity contribution in [3.05, 3.63) is 199 Å². The van der Waals surface area contributed by atoms with Crippen LogP contribution < -0.4 is 0 Å². The van der Waals surface area contributed by atoms with E-state index in [1.165, 1.54) is 0 Å². The van der Waals surface area contributed by atoms with Crippen molar-refractivity contribution in [2.24, 2.45) is 0 Å². The van der Waals surface area contributed by atoms with Gasteiger partial charge >= 0.3 is 0 Å². The highest BCUT2D eigenvalue weighted by Gasteiger charge is 2.21. The largest absolute Gasteiger partial charge is 0.308 e. The second kappa shape index (κ2) is 14.9. The molecule has 0 radical (unpaired) electrons. The smallest absolute Gasteiger partial charge is 0.166 e. The molecule has 0 spiro atoms. The van der Waals surface area contributed by atoms with Gasteiger partial charge < -0.3 is 4.57 Å². The first-order valence-corrected chi connectivity index (χ1v) is 19.1. The first-order chi connectivity index (χ1) is 29.1. The van der Waals surface area contributed by atoms with E-state index in [0.717, 1.165) is 77.6 Å². The molecule has 7 nitrogen and oxygen atoms in total. The molecule has 0 unspecified atom stereocenters. The molecule has 0 aliphatic heterocycles. The number of aromatic nitrogens is 5. The molecule has 7 aromatic carbocycles. The van der Waals surface area contributed by atoms with E-state index in [4.69, 9.17) is 15.0 Å². The minimum absolute atomic E-state index is 0.528. The topological polar surface area (TPSA) is 104 Å². The molecule has 0 saturated carbocycles. The van der Waals surface area contributed by atoms with E-state index in [0.29, 0.717) is 28.6 Å². The maximum Gasteiger partial charge on any atom is 0.166 e. The van der Waals surface area contributed by atoms with Gasteiger partial charge in [0.25, 0.3) is 0 Å². The average Bonchev–Trinajstić information content (AvgIpc) is 3.64. The second-order valence-corrected chi connectivity index (χ2v) is 14.2. The molecule has 0 N–H and O–H groups in total. The third kappa shape index (κ3) is 6.55. The van der Waals surface area contributed by atoms with E-state index >= 15 is 0 Å². The Bertz CT molecular complexity index is 3080. The van der Waals surface area contributed by atoms with Crippen molar-refractivity contribution in [1.82, 2.24) is 24.5 Å². The molecule has 0 saturated heterocycles. The molecule has 0 aliphatic rings. The number of pyridine rings is 1. The van der Waals surface area contributed by atoms with Crippen LogP contribution in [0.25, 0.3) is 95.0 Å². The summed E-state index contributed by atoms with van der Waals surface area (Å²) in [6.45, 7) is 0. The first-order valence-electron chi connectivity index (χ1n) is 19.1. The zero-order valence-corrected chi connectivity index (χ0v) is 31.5. The van der Waals surface area contributed by atoms with Crippen LogP contribution in [0.3, 0.4) is 0 Å². The van der Waals surface area contributed by atoms with E-state index < -0.39 is 0 Å². The van der Waals surface area contributed by atoms with Gasteiger partial charge in [-0.25, -0.2) is 15.0 Å². The summed E-state index contributed by atoms with van der Waals surface area (Å²) in [5, 5.41) is 21.2. The van der Waals surface area contributed by atoms with Gasteiger partial charge in [0.2, 0.25) is 0 Å². The van der Waals surface area contributed by atoms with Crippen LogP contribution in [-0.4, -0.2) is 24.5 Å². The standard InChI is InChI=1S/C52H31N7/c53-31-34-13-17-36(18-14-34)41-21-24-44-45-25-22-42(37-19-15-35(32-54)16-20-37)30-49(45)59(48(44)29-41)47-26-23-40(43-12-7-27-55-33-43)28-46(47)52-57-50(38-8-3-1-4-9-38)56-51(58-52)39-10-5-2-6-11-39/h1-30,33H. The summed E-state index contributed by atoms with van der Waals surface area (Å²) in [6.07, 6.45) is 3.64. The van der Waals surface area contributed by atoms with Gasteiger partial charge in [-0.05, 0) is 82.4 Å². The number of benzene rings is 7. The third-order valence-electron chi connectivity index (χ3n) is 10.6. The molecular formula is C52H31N7. The molecule has 3 heterocycles. The third-order valence-corrected chi connectivity index (χ3v) is 10.6. The van der Waals surface area contributed by atoms with Gasteiger partial charge in [0.05, 0.1) is 40.0 Å². The lowest BCUT2D eigenvalue weighted by Gasteiger charge is -2.17. The van der Waals surface area contributed by atoms with Gasteiger partial charge in [0.15, 0.2) is 17.5 Å². The predicted octanol–water partition coefficient (Wildman–Crippen LogP) is 12.1. The van der Waals surface area contributed by atoms with Crippen molar-refractivity contribution in [2.45, 2.75) is 0 Å². The summed E-state index contributed by atoms with van der Waals surface area (Å²) in [4.78, 5) is 19.9. The van der Waals surface area contributed by atoms with Gasteiger partial charge in [-0.15, -0.1) is 0 Å². The van der Waals surface area contributed by atoms with Gasteiger partial charge in [-0.3, -0.25) is 4.98 Å². The molecule has 274 valence electrons. The summed E-state index contributed by atoms with van der Waals surface area (Å²) >= 11 is 0. The van der Waals surface area contributed by atoms with E-state index in [9.17, 15) is 10.5 Å². The number of fused-ring (bicyclic) bond motifs is 3. The average molecular weight is 754 g/mol. The van der Waals surface area contributed by atoms with Crippen molar-refractivity contribution in [3.8, 4) is 85.4 Å². The highest BCUT2D eigenvalue weighted by atomic mass is 15.1. The molecule has 0 amide bonds. The monoisotopic (exact) mass is 753 g/mol. The first kappa shape index (κ1) is 34.9. The molecule has 3 aromatic heterocycles. The van der Waals surface area contributed by atoms with E-state index in [2.05, 4.69) is 82.4 Å². The predicted molar refractivity (Wildman–Crippen MR) is 234 cm³/mol. The fourth-order valence-electron chi connectivity index (χ4n) is 7.66. The quantitative estimate of drug-likeness (QED) is 0.160. The Morgan fingerprint density at radius 2 is 0.847 bits per heavy atom. The Morgan fingerprint density at radius 3 is 1.34 bits per heavy atom. The highest BCUT2D eigenvalue weighted by molar-refractivity contribution is 6.11. The maximum atomic E-state index is 9.51. The summed E-state index contributed by atoms with van der Waals surface area (Å²) in [5.74, 6) is 1.67. The number of nitriles is 2. The summed E-state index contributed by atoms with van der Waals surface area (Å²) in [7, 11) is 0. The zero-order valence-electron chi connectivity index (χ0n) is 31.5. The minimum Gasteiger partial charge on any atom is -0.308 e. The normalized spacial score (nSPS) is 11.0. The fraction of sp³-hybridized carbons (Fsp3) is 0. The number of nitrogens with zero attached hydrogens (tertiary/aromatic N) is 7. The lowest BCUT2D eigenvalue weighted by molar-refractivity contribution is 1.06. The van der Waals surface area contributed by atoms with Crippen LogP contribution in [0, 0.1) is 22.7 Å². The maximum absolute atomic E-state index is 9.51. The Labute approximate surface area is 340 Å². The van der Waals surface area contributed by atoms with E-state index in [-0.39, 0.29) is 0 Å². The summed E-state index contributed by atoms with van der Waals surface area (Å²) < 4.78 is 2.31. The van der Waals surface area contributed by atoms with Crippen LogP contribution in [-0.2, 0) is 0 Å². The number of hydrogen-bond acceptors (Lipinski definition) is 6. The van der Waals surface area contributed by atoms with Gasteiger partial charge in [-0.1, -0.05) is 121 Å². The molecule has 0 atom stereocenters. The molecule has 10 rings (SSSR count). The van der Waals surface area contributed by atoms with Crippen LogP contribution in [0.4, 0.5) is 0 Å². The molecule has 0 fully saturated rings. The zero-order chi connectivity index (χ0) is 39.7. The van der Waals surface area contributed by atoms with Crippen molar-refractivity contribution in [3.63, 3.8) is 0 Å². The Kier molecular flexibility index (Phi) is 8.80. The minimum atomic E-state index is 0.528. The van der Waals surface area contributed by atoms with Gasteiger partial charge in [-0.2, -0.15) is 10.5 Å². The summed E-state index contributed by atoms with van der Waals surface area (Å²) in [5.41, 5.74) is 12.7. The SMILES string of the molecule is N#Cc1ccc(-c2ccc3c4ccc(-c5ccc(C#N)cc5)cc4n(-c4ccc(-c5cccnc5)cc4-c4nc(-c5ccccc5)nc(-c5ccccc5)n4)c3c2)cc1. The van der Waals surface area contributed by atoms with Crippen LogP contribution in [0.15, 0.2) is 188 Å². The van der Waals surface area contributed by atoms with Crippen LogP contribution in [0.5, 0.6) is 0 Å². The van der Waals surface area contributed by atoms with Crippen molar-refractivity contribution in [1.29, 1.82) is 10.5 Å². The van der Waals surface area contributed by atoms with Crippen LogP contribution >= 0.6 is 0 Å². The van der Waals surface area contributed by atoms with E-state index in [1.807, 2.05) is 121 Å². The molecule has 0 bridgehead atoms. The van der Waals surface area contributed by atoms with Crippen LogP contribution in [0.2, 0.25) is 0 Å². The lowest BCUT2D eigenvalue weighted by atomic mass is 10.0. The summed E-state index contributed by atoms with van der Waals surface area (Å²) in [6, 6.07) is 63.3. The van der Waals surface area contributed by atoms with Crippen molar-refractivity contribution >= 4 is 21.8 Å². The van der Waals surface area contributed by atoms with E-state index in [1.54, 1.807) is 6.20 Å². The molecule has 7 heteroatoms. The number of rotatable bonds is 7. The Balaban J connectivity index is 1.29. The Morgan fingerprint density at radius 1 is 0.390 bits per heavy atom. The second-order valence-electron chi connectivity index (χ2n) is 14.2. The molecule has 59 heavy (non-hydrogen) atoms. The number of hydrogen-bond donors (Lipinski definition) is 0. The molecule has 10 aromatic rings. The highest BCUT2D eigenvalue weighted by Crippen LogP contribution is 2.41. The molecular weight excluding hydrogens is 723 g/mol. The lowest BCUT2D eigenvalue weighted by Crippen LogP contribution is -2.04. The van der Waals surface area contributed by atoms with Gasteiger partial charge in [0.1, 0.15) is 0 Å². The van der Waals surface area contributed by atoms with Crippen molar-refractivity contribution < 1.29 is 0 Å². The van der Waals surface area contributed by atoms with Gasteiger partial charge in [0, 0.05) is 45.4 Å².